The van der Waals surface area contributed by atoms with E-state index in [0.29, 0.717) is 16.6 Å². The summed E-state index contributed by atoms with van der Waals surface area (Å²) < 4.78 is 0. The van der Waals surface area contributed by atoms with E-state index < -0.39 is 5.91 Å². The molecule has 1 amide bonds. The standard InChI is InChI=1S/C8H7BrN2O2/c9-4-6-5(8(12)11-13)2-1-3-7(6)10/h1-3H,4,10H2. The fraction of sp³-hybridized carbons (Fsp3) is 0.125. The summed E-state index contributed by atoms with van der Waals surface area (Å²) in [7, 11) is 0. The Morgan fingerprint density at radius 2 is 2.23 bits per heavy atom. The van der Waals surface area contributed by atoms with E-state index in [9.17, 15) is 9.70 Å². The average molecular weight is 243 g/mol. The molecule has 0 saturated heterocycles. The van der Waals surface area contributed by atoms with Gasteiger partial charge in [-0.1, -0.05) is 22.0 Å². The van der Waals surface area contributed by atoms with Crippen LogP contribution >= 0.6 is 15.9 Å². The summed E-state index contributed by atoms with van der Waals surface area (Å²) in [4.78, 5) is 21.0. The van der Waals surface area contributed by atoms with Crippen molar-refractivity contribution in [1.29, 1.82) is 0 Å². The van der Waals surface area contributed by atoms with Gasteiger partial charge in [-0.25, -0.2) is 0 Å². The first-order valence-electron chi connectivity index (χ1n) is 3.51. The average Bonchev–Trinajstić information content (AvgIpc) is 2.16. The van der Waals surface area contributed by atoms with Crippen LogP contribution in [0.25, 0.3) is 0 Å². The Morgan fingerprint density at radius 1 is 1.54 bits per heavy atom. The molecule has 0 bridgehead atoms. The fourth-order valence-electron chi connectivity index (χ4n) is 1.00. The van der Waals surface area contributed by atoms with Gasteiger partial charge in [0.05, 0.1) is 5.56 Å². The van der Waals surface area contributed by atoms with Crippen molar-refractivity contribution >= 4 is 27.5 Å². The number of nitrogen functional groups attached to an aromatic ring is 1. The first-order valence-corrected chi connectivity index (χ1v) is 4.64. The zero-order valence-corrected chi connectivity index (χ0v) is 8.24. The monoisotopic (exact) mass is 242 g/mol. The van der Waals surface area contributed by atoms with Gasteiger partial charge in [-0.3, -0.25) is 4.79 Å². The third kappa shape index (κ3) is 1.92. The van der Waals surface area contributed by atoms with Crippen LogP contribution in [0.1, 0.15) is 15.9 Å². The first-order chi connectivity index (χ1) is 6.20. The minimum absolute atomic E-state index is 0.256. The van der Waals surface area contributed by atoms with Crippen molar-refractivity contribution in [3.63, 3.8) is 0 Å². The molecule has 0 fully saturated rings. The normalized spacial score (nSPS) is 9.62. The predicted molar refractivity (Wildman–Crippen MR) is 53.6 cm³/mol. The number of hydrogen-bond donors (Lipinski definition) is 1. The van der Waals surface area contributed by atoms with Gasteiger partial charge in [-0.2, -0.15) is 0 Å². The highest BCUT2D eigenvalue weighted by Crippen LogP contribution is 2.20. The molecule has 68 valence electrons. The van der Waals surface area contributed by atoms with Crippen LogP contribution in [0.5, 0.6) is 0 Å². The highest BCUT2D eigenvalue weighted by Gasteiger charge is 2.12. The van der Waals surface area contributed by atoms with Gasteiger partial charge in [-0.15, -0.1) is 4.91 Å². The quantitative estimate of drug-likeness (QED) is 0.491. The number of rotatable bonds is 2. The minimum Gasteiger partial charge on any atom is -0.398 e. The molecule has 4 nitrogen and oxygen atoms in total. The molecule has 0 aliphatic heterocycles. The van der Waals surface area contributed by atoms with Crippen LogP contribution in [0, 0.1) is 4.91 Å². The number of amides is 1. The second-order valence-electron chi connectivity index (χ2n) is 2.40. The zero-order valence-electron chi connectivity index (χ0n) is 6.66. The number of carbonyl (C=O) groups excluding carboxylic acids is 1. The Hall–Kier alpha value is -1.23. The van der Waals surface area contributed by atoms with E-state index in [1.807, 2.05) is 0 Å². The fourth-order valence-corrected chi connectivity index (χ4v) is 1.63. The molecule has 0 aliphatic rings. The third-order valence-electron chi connectivity index (χ3n) is 1.66. The van der Waals surface area contributed by atoms with E-state index in [1.54, 1.807) is 12.1 Å². The lowest BCUT2D eigenvalue weighted by molar-refractivity contribution is 0.1000. The van der Waals surface area contributed by atoms with Crippen molar-refractivity contribution in [2.24, 2.45) is 5.18 Å². The summed E-state index contributed by atoms with van der Waals surface area (Å²) in [5.41, 5.74) is 6.94. The van der Waals surface area contributed by atoms with E-state index in [1.165, 1.54) is 6.07 Å². The van der Waals surface area contributed by atoms with Crippen molar-refractivity contribution in [2.45, 2.75) is 5.33 Å². The van der Waals surface area contributed by atoms with Gasteiger partial charge in [0.15, 0.2) is 0 Å². The molecule has 13 heavy (non-hydrogen) atoms. The van der Waals surface area contributed by atoms with Gasteiger partial charge in [0, 0.05) is 16.2 Å². The van der Waals surface area contributed by atoms with Crippen LogP contribution in [-0.2, 0) is 5.33 Å². The third-order valence-corrected chi connectivity index (χ3v) is 2.22. The molecule has 0 heterocycles. The van der Waals surface area contributed by atoms with Crippen molar-refractivity contribution in [3.8, 4) is 0 Å². The summed E-state index contributed by atoms with van der Waals surface area (Å²) >= 11 is 3.18. The van der Waals surface area contributed by atoms with Crippen LogP contribution in [0.3, 0.4) is 0 Å². The number of carbonyl (C=O) groups is 1. The van der Waals surface area contributed by atoms with Crippen LogP contribution < -0.4 is 5.73 Å². The molecule has 1 aromatic rings. The molecule has 0 aliphatic carbocycles. The van der Waals surface area contributed by atoms with E-state index in [2.05, 4.69) is 21.1 Å². The summed E-state index contributed by atoms with van der Waals surface area (Å²) in [6.07, 6.45) is 0. The van der Waals surface area contributed by atoms with Gasteiger partial charge in [-0.05, 0) is 17.7 Å². The molecule has 0 saturated carbocycles. The van der Waals surface area contributed by atoms with Crippen molar-refractivity contribution in [1.82, 2.24) is 0 Å². The topological polar surface area (TPSA) is 72.5 Å². The van der Waals surface area contributed by atoms with Crippen molar-refractivity contribution < 1.29 is 4.79 Å². The Kier molecular flexibility index (Phi) is 3.13. The van der Waals surface area contributed by atoms with Crippen LogP contribution in [0.2, 0.25) is 0 Å². The second-order valence-corrected chi connectivity index (χ2v) is 2.96. The molecule has 1 aromatic carbocycles. The van der Waals surface area contributed by atoms with E-state index in [0.717, 1.165) is 0 Å². The second kappa shape index (κ2) is 4.13. The Labute approximate surface area is 83.2 Å². The van der Waals surface area contributed by atoms with Gasteiger partial charge < -0.3 is 5.73 Å². The summed E-state index contributed by atoms with van der Waals surface area (Å²) in [6, 6.07) is 4.80. The molecule has 0 radical (unpaired) electrons. The van der Waals surface area contributed by atoms with E-state index >= 15 is 0 Å². The summed E-state index contributed by atoms with van der Waals surface area (Å²) in [5.74, 6) is -0.790. The zero-order chi connectivity index (χ0) is 9.84. The lowest BCUT2D eigenvalue weighted by atomic mass is 10.1. The van der Waals surface area contributed by atoms with Gasteiger partial charge in [0.2, 0.25) is 0 Å². The largest absolute Gasteiger partial charge is 0.398 e. The van der Waals surface area contributed by atoms with Gasteiger partial charge in [0.1, 0.15) is 0 Å². The van der Waals surface area contributed by atoms with Gasteiger partial charge >= 0.3 is 5.91 Å². The number of nitroso groups, excluding NO2 is 1. The molecule has 0 atom stereocenters. The number of halogens is 1. The number of anilines is 1. The van der Waals surface area contributed by atoms with Crippen LogP contribution in [-0.4, -0.2) is 5.91 Å². The smallest absolute Gasteiger partial charge is 0.317 e. The van der Waals surface area contributed by atoms with E-state index in [-0.39, 0.29) is 5.56 Å². The number of alkyl halides is 1. The molecule has 0 spiro atoms. The molecule has 0 unspecified atom stereocenters. The maximum Gasteiger partial charge on any atom is 0.317 e. The number of hydrogen-bond acceptors (Lipinski definition) is 3. The lowest BCUT2D eigenvalue weighted by Crippen LogP contribution is -2.02. The molecule has 0 aromatic heterocycles. The minimum atomic E-state index is -0.790. The number of nitrogens with zero attached hydrogens (tertiary/aromatic N) is 1. The van der Waals surface area contributed by atoms with Crippen LogP contribution in [0.4, 0.5) is 5.69 Å². The summed E-state index contributed by atoms with van der Waals surface area (Å²) in [5, 5.41) is 2.77. The maximum atomic E-state index is 11.0. The van der Waals surface area contributed by atoms with Crippen LogP contribution in [0.15, 0.2) is 23.4 Å². The predicted octanol–water partition coefficient (Wildman–Crippen LogP) is 2.07. The molecule has 2 N–H and O–H groups in total. The maximum absolute atomic E-state index is 11.0. The molecule has 5 heteroatoms. The van der Waals surface area contributed by atoms with Crippen molar-refractivity contribution in [2.75, 3.05) is 5.73 Å². The Morgan fingerprint density at radius 3 is 2.77 bits per heavy atom. The van der Waals surface area contributed by atoms with Gasteiger partial charge in [0.25, 0.3) is 0 Å². The molecule has 1 rings (SSSR count). The Balaban J connectivity index is 3.27. The SMILES string of the molecule is Nc1cccc(C(=O)N=O)c1CBr. The lowest BCUT2D eigenvalue weighted by Gasteiger charge is -2.04. The highest BCUT2D eigenvalue weighted by atomic mass is 79.9. The van der Waals surface area contributed by atoms with E-state index in [4.69, 9.17) is 5.73 Å². The first kappa shape index (κ1) is 9.85. The Bertz CT molecular complexity index is 352. The molecular weight excluding hydrogens is 236 g/mol. The van der Waals surface area contributed by atoms with Crippen molar-refractivity contribution in [3.05, 3.63) is 34.2 Å². The highest BCUT2D eigenvalue weighted by molar-refractivity contribution is 9.08. The number of benzene rings is 1. The summed E-state index contributed by atoms with van der Waals surface area (Å²) in [6.45, 7) is 0. The number of nitrogens with two attached hydrogens (primary N) is 1. The molecular formula is C8H7BrN2O2.